The van der Waals surface area contributed by atoms with E-state index in [9.17, 15) is 0 Å². The Labute approximate surface area is 60.7 Å². The molecule has 58 valence electrons. The molecule has 4 heteroatoms. The summed E-state index contributed by atoms with van der Waals surface area (Å²) in [5.74, 6) is 6.18. The van der Waals surface area contributed by atoms with Crippen LogP contribution in [0, 0.1) is 5.92 Å². The standard InChI is InChI=1S/C6H14N4/c1-4-2-5(3-4)9-6(7)10-8/h4-5H,2-3,8H2,1H3,(H3,7,9,10). The van der Waals surface area contributed by atoms with E-state index >= 15 is 0 Å². The maximum absolute atomic E-state index is 5.34. The summed E-state index contributed by atoms with van der Waals surface area (Å²) in [7, 11) is 0. The van der Waals surface area contributed by atoms with E-state index in [1.807, 2.05) is 0 Å². The zero-order valence-electron chi connectivity index (χ0n) is 6.17. The number of nitrogens with zero attached hydrogens (tertiary/aromatic N) is 1. The molecule has 0 saturated heterocycles. The molecule has 5 N–H and O–H groups in total. The van der Waals surface area contributed by atoms with E-state index in [4.69, 9.17) is 11.6 Å². The Balaban J connectivity index is 2.26. The molecular weight excluding hydrogens is 128 g/mol. The van der Waals surface area contributed by atoms with Crippen molar-refractivity contribution in [1.29, 1.82) is 0 Å². The number of aliphatic imine (C=N–C) groups is 1. The molecule has 0 spiro atoms. The van der Waals surface area contributed by atoms with Crippen molar-refractivity contribution in [2.45, 2.75) is 25.8 Å². The molecule has 0 aromatic rings. The van der Waals surface area contributed by atoms with Crippen molar-refractivity contribution in [2.75, 3.05) is 0 Å². The molecule has 0 aliphatic heterocycles. The second-order valence-corrected chi connectivity index (χ2v) is 2.89. The van der Waals surface area contributed by atoms with Gasteiger partial charge in [-0.3, -0.25) is 5.43 Å². The van der Waals surface area contributed by atoms with Crippen molar-refractivity contribution in [3.05, 3.63) is 0 Å². The molecule has 0 amide bonds. The first-order valence-corrected chi connectivity index (χ1v) is 3.52. The minimum absolute atomic E-state index is 0.344. The average Bonchev–Trinajstić information content (AvgIpc) is 1.84. The molecule has 0 aromatic heterocycles. The van der Waals surface area contributed by atoms with Crippen LogP contribution in [0.4, 0.5) is 0 Å². The molecule has 0 aromatic carbocycles. The molecule has 1 aliphatic carbocycles. The van der Waals surface area contributed by atoms with E-state index in [0.717, 1.165) is 18.8 Å². The van der Waals surface area contributed by atoms with Crippen LogP contribution in [0.5, 0.6) is 0 Å². The molecule has 0 bridgehead atoms. The molecule has 0 atom stereocenters. The van der Waals surface area contributed by atoms with Gasteiger partial charge >= 0.3 is 0 Å². The zero-order valence-corrected chi connectivity index (χ0v) is 6.17. The maximum atomic E-state index is 5.34. The number of hydrogen-bond donors (Lipinski definition) is 3. The first-order chi connectivity index (χ1) is 4.72. The van der Waals surface area contributed by atoms with E-state index in [0.29, 0.717) is 12.0 Å². The molecule has 1 aliphatic rings. The summed E-state index contributed by atoms with van der Waals surface area (Å²) >= 11 is 0. The van der Waals surface area contributed by atoms with Crippen LogP contribution in [0.3, 0.4) is 0 Å². The highest BCUT2D eigenvalue weighted by atomic mass is 15.3. The van der Waals surface area contributed by atoms with E-state index in [1.54, 1.807) is 0 Å². The summed E-state index contributed by atoms with van der Waals surface area (Å²) in [5.41, 5.74) is 7.65. The highest BCUT2D eigenvalue weighted by Crippen LogP contribution is 2.28. The molecule has 1 fully saturated rings. The molecular formula is C6H14N4. The fourth-order valence-electron chi connectivity index (χ4n) is 1.20. The van der Waals surface area contributed by atoms with Crippen molar-refractivity contribution < 1.29 is 0 Å². The lowest BCUT2D eigenvalue weighted by Gasteiger charge is -2.29. The van der Waals surface area contributed by atoms with Crippen LogP contribution >= 0.6 is 0 Å². The minimum atomic E-state index is 0.344. The van der Waals surface area contributed by atoms with Gasteiger partial charge in [-0.2, -0.15) is 0 Å². The smallest absolute Gasteiger partial charge is 0.203 e. The van der Waals surface area contributed by atoms with Crippen LogP contribution in [0.25, 0.3) is 0 Å². The Hall–Kier alpha value is -0.770. The van der Waals surface area contributed by atoms with Gasteiger partial charge in [0, 0.05) is 0 Å². The first kappa shape index (κ1) is 7.34. The fraction of sp³-hybridized carbons (Fsp3) is 0.833. The van der Waals surface area contributed by atoms with Gasteiger partial charge in [0.05, 0.1) is 6.04 Å². The van der Waals surface area contributed by atoms with Crippen LogP contribution in [0.15, 0.2) is 4.99 Å². The third kappa shape index (κ3) is 1.60. The van der Waals surface area contributed by atoms with E-state index < -0.39 is 0 Å². The van der Waals surface area contributed by atoms with Crippen molar-refractivity contribution in [3.8, 4) is 0 Å². The maximum Gasteiger partial charge on any atom is 0.203 e. The van der Waals surface area contributed by atoms with Crippen molar-refractivity contribution in [2.24, 2.45) is 22.5 Å². The van der Waals surface area contributed by atoms with Crippen molar-refractivity contribution >= 4 is 5.96 Å². The van der Waals surface area contributed by atoms with Gasteiger partial charge in [0.2, 0.25) is 5.96 Å². The van der Waals surface area contributed by atoms with E-state index in [1.165, 1.54) is 0 Å². The SMILES string of the molecule is CC1CC(N=C(N)NN)C1. The van der Waals surface area contributed by atoms with Gasteiger partial charge < -0.3 is 5.73 Å². The van der Waals surface area contributed by atoms with E-state index in [-0.39, 0.29) is 0 Å². The molecule has 10 heavy (non-hydrogen) atoms. The zero-order chi connectivity index (χ0) is 7.56. The molecule has 4 nitrogen and oxygen atoms in total. The van der Waals surface area contributed by atoms with Crippen LogP contribution < -0.4 is 17.0 Å². The third-order valence-electron chi connectivity index (χ3n) is 1.82. The van der Waals surface area contributed by atoms with Gasteiger partial charge in [0.15, 0.2) is 0 Å². The van der Waals surface area contributed by atoms with Gasteiger partial charge in [-0.25, -0.2) is 10.8 Å². The van der Waals surface area contributed by atoms with Crippen LogP contribution in [0.2, 0.25) is 0 Å². The number of hydrazine groups is 1. The first-order valence-electron chi connectivity index (χ1n) is 3.52. The Morgan fingerprint density at radius 1 is 1.60 bits per heavy atom. The number of guanidine groups is 1. The summed E-state index contributed by atoms with van der Waals surface area (Å²) in [5, 5.41) is 0. The highest BCUT2D eigenvalue weighted by molar-refractivity contribution is 5.77. The second kappa shape index (κ2) is 2.88. The lowest BCUT2D eigenvalue weighted by atomic mass is 9.82. The third-order valence-corrected chi connectivity index (χ3v) is 1.82. The number of nitrogens with two attached hydrogens (primary N) is 2. The highest BCUT2D eigenvalue weighted by Gasteiger charge is 2.24. The number of rotatable bonds is 1. The minimum Gasteiger partial charge on any atom is -0.369 e. The van der Waals surface area contributed by atoms with Gasteiger partial charge in [0.1, 0.15) is 0 Å². The van der Waals surface area contributed by atoms with Gasteiger partial charge in [-0.15, -0.1) is 0 Å². The topological polar surface area (TPSA) is 76.4 Å². The molecule has 1 rings (SSSR count). The largest absolute Gasteiger partial charge is 0.369 e. The average molecular weight is 142 g/mol. The molecule has 1 saturated carbocycles. The summed E-state index contributed by atoms with van der Waals surface area (Å²) in [6.07, 6.45) is 2.28. The second-order valence-electron chi connectivity index (χ2n) is 2.89. The predicted octanol–water partition coefficient (Wildman–Crippen LogP) is -0.437. The summed E-state index contributed by atoms with van der Waals surface area (Å²) in [6.45, 7) is 2.21. The lowest BCUT2D eigenvalue weighted by Crippen LogP contribution is -2.39. The summed E-state index contributed by atoms with van der Waals surface area (Å²) < 4.78 is 0. The normalized spacial score (nSPS) is 33.2. The lowest BCUT2D eigenvalue weighted by molar-refractivity contribution is 0.291. The molecule has 0 radical (unpaired) electrons. The predicted molar refractivity (Wildman–Crippen MR) is 41.1 cm³/mol. The quantitative estimate of drug-likeness (QED) is 0.201. The Bertz CT molecular complexity index is 137. The van der Waals surface area contributed by atoms with E-state index in [2.05, 4.69) is 17.3 Å². The Morgan fingerprint density at radius 2 is 2.20 bits per heavy atom. The summed E-state index contributed by atoms with van der Waals surface area (Å²) in [4.78, 5) is 4.11. The fourth-order valence-corrected chi connectivity index (χ4v) is 1.20. The Kier molecular flexibility index (Phi) is 2.11. The van der Waals surface area contributed by atoms with Gasteiger partial charge in [0.25, 0.3) is 0 Å². The van der Waals surface area contributed by atoms with Crippen LogP contribution in [-0.2, 0) is 0 Å². The molecule has 0 heterocycles. The van der Waals surface area contributed by atoms with Gasteiger partial charge in [-0.05, 0) is 18.8 Å². The van der Waals surface area contributed by atoms with Gasteiger partial charge in [-0.1, -0.05) is 6.92 Å². The molecule has 0 unspecified atom stereocenters. The number of nitrogens with one attached hydrogen (secondary N) is 1. The van der Waals surface area contributed by atoms with Crippen LogP contribution in [0.1, 0.15) is 19.8 Å². The monoisotopic (exact) mass is 142 g/mol. The van der Waals surface area contributed by atoms with Crippen LogP contribution in [-0.4, -0.2) is 12.0 Å². The van der Waals surface area contributed by atoms with Crippen molar-refractivity contribution in [3.63, 3.8) is 0 Å². The Morgan fingerprint density at radius 3 is 2.60 bits per heavy atom. The summed E-state index contributed by atoms with van der Waals surface area (Å²) in [6, 6.07) is 0.408. The number of hydrogen-bond acceptors (Lipinski definition) is 2. The van der Waals surface area contributed by atoms with Crippen molar-refractivity contribution in [1.82, 2.24) is 5.43 Å².